The van der Waals surface area contributed by atoms with Crippen molar-refractivity contribution in [2.45, 2.75) is 38.4 Å². The molecule has 3 aliphatic rings. The Balaban J connectivity index is 1.34. The van der Waals surface area contributed by atoms with Gasteiger partial charge in [0.05, 0.1) is 25.2 Å². The van der Waals surface area contributed by atoms with Crippen LogP contribution < -0.4 is 30.8 Å². The number of hydrazine groups is 1. The normalized spacial score (nSPS) is 24.4. The number of hydrogen-bond donors (Lipinski definition) is 2. The van der Waals surface area contributed by atoms with Crippen molar-refractivity contribution in [3.05, 3.63) is 48.0 Å². The summed E-state index contributed by atoms with van der Waals surface area (Å²) >= 11 is 0. The van der Waals surface area contributed by atoms with Crippen LogP contribution in [-0.4, -0.2) is 50.6 Å². The number of rotatable bonds is 7. The highest BCUT2D eigenvalue weighted by Gasteiger charge is 2.39. The number of ether oxygens (including phenoxy) is 2. The van der Waals surface area contributed by atoms with Crippen LogP contribution in [0.25, 0.3) is 0 Å². The van der Waals surface area contributed by atoms with Crippen LogP contribution in [0.4, 0.5) is 11.4 Å². The van der Waals surface area contributed by atoms with E-state index in [0.717, 1.165) is 43.5 Å². The second kappa shape index (κ2) is 8.81. The van der Waals surface area contributed by atoms with Crippen molar-refractivity contribution in [2.24, 2.45) is 23.4 Å². The molecule has 4 N–H and O–H groups in total. The van der Waals surface area contributed by atoms with E-state index in [2.05, 4.69) is 28.9 Å². The van der Waals surface area contributed by atoms with Crippen LogP contribution in [0.15, 0.2) is 42.5 Å². The minimum absolute atomic E-state index is 0.0208. The van der Waals surface area contributed by atoms with Crippen LogP contribution in [0.1, 0.15) is 25.3 Å². The van der Waals surface area contributed by atoms with E-state index in [1.807, 2.05) is 35.3 Å². The van der Waals surface area contributed by atoms with E-state index in [9.17, 15) is 0 Å². The van der Waals surface area contributed by atoms with Crippen molar-refractivity contribution in [1.82, 2.24) is 5.01 Å². The maximum Gasteiger partial charge on any atom is 0.165 e. The molecule has 7 nitrogen and oxygen atoms in total. The molecular formula is C25H35N5O2. The first-order chi connectivity index (χ1) is 15.5. The third kappa shape index (κ3) is 4.12. The van der Waals surface area contributed by atoms with E-state index in [1.54, 1.807) is 7.11 Å². The number of hydrogen-bond acceptors (Lipinski definition) is 7. The first-order valence-electron chi connectivity index (χ1n) is 11.7. The Morgan fingerprint density at radius 1 is 1.09 bits per heavy atom. The van der Waals surface area contributed by atoms with Gasteiger partial charge < -0.3 is 25.0 Å². The number of nitrogens with two attached hydrogens (primary N) is 2. The van der Waals surface area contributed by atoms with Gasteiger partial charge in [-0.1, -0.05) is 31.2 Å². The SMILES string of the molecule is COc1c(N2C[C@H]([C@H](N)COc3ccccc3)[C@H](C)C2)ccc2c1N(C1CC1)CN(N)C2. The Labute approximate surface area is 190 Å². The zero-order valence-corrected chi connectivity index (χ0v) is 19.1. The Hall–Kier alpha value is -2.48. The summed E-state index contributed by atoms with van der Waals surface area (Å²) in [5, 5.41) is 1.89. The van der Waals surface area contributed by atoms with E-state index in [0.29, 0.717) is 24.5 Å². The summed E-state index contributed by atoms with van der Waals surface area (Å²) in [6.45, 7) is 6.18. The number of methoxy groups -OCH3 is 1. The van der Waals surface area contributed by atoms with Crippen molar-refractivity contribution >= 4 is 11.4 Å². The average Bonchev–Trinajstić information content (AvgIpc) is 3.58. The lowest BCUT2D eigenvalue weighted by Gasteiger charge is -2.38. The first-order valence-corrected chi connectivity index (χ1v) is 11.7. The van der Waals surface area contributed by atoms with Gasteiger partial charge in [-0.3, -0.25) is 5.84 Å². The van der Waals surface area contributed by atoms with Gasteiger partial charge in [-0.25, -0.2) is 5.01 Å². The van der Waals surface area contributed by atoms with E-state index < -0.39 is 0 Å². The Morgan fingerprint density at radius 3 is 2.59 bits per heavy atom. The molecule has 32 heavy (non-hydrogen) atoms. The molecule has 1 aliphatic carbocycles. The molecular weight excluding hydrogens is 402 g/mol. The maximum atomic E-state index is 6.61. The monoisotopic (exact) mass is 437 g/mol. The number of para-hydroxylation sites is 1. The van der Waals surface area contributed by atoms with Crippen molar-refractivity contribution in [1.29, 1.82) is 0 Å². The molecule has 2 aliphatic heterocycles. The van der Waals surface area contributed by atoms with Gasteiger partial charge in [-0.05, 0) is 48.4 Å². The topological polar surface area (TPSA) is 80.2 Å². The fraction of sp³-hybridized carbons (Fsp3) is 0.520. The molecule has 0 unspecified atom stereocenters. The summed E-state index contributed by atoms with van der Waals surface area (Å²) in [6, 6.07) is 14.9. The summed E-state index contributed by atoms with van der Waals surface area (Å²) in [5.41, 5.74) is 10.2. The highest BCUT2D eigenvalue weighted by Crippen LogP contribution is 2.47. The second-order valence-electron chi connectivity index (χ2n) is 9.55. The van der Waals surface area contributed by atoms with Crippen molar-refractivity contribution < 1.29 is 9.47 Å². The highest BCUT2D eigenvalue weighted by atomic mass is 16.5. The lowest BCUT2D eigenvalue weighted by atomic mass is 9.91. The molecule has 3 atom stereocenters. The van der Waals surface area contributed by atoms with E-state index in [1.165, 1.54) is 24.1 Å². The van der Waals surface area contributed by atoms with Gasteiger partial charge in [0.2, 0.25) is 0 Å². The minimum Gasteiger partial charge on any atom is -0.492 e. The predicted molar refractivity (Wildman–Crippen MR) is 128 cm³/mol. The maximum absolute atomic E-state index is 6.61. The summed E-state index contributed by atoms with van der Waals surface area (Å²) < 4.78 is 12.0. The highest BCUT2D eigenvalue weighted by molar-refractivity contribution is 5.77. The molecule has 1 saturated heterocycles. The summed E-state index contributed by atoms with van der Waals surface area (Å²) in [4.78, 5) is 4.87. The van der Waals surface area contributed by atoms with Crippen LogP contribution in [0.5, 0.6) is 11.5 Å². The number of benzene rings is 2. The van der Waals surface area contributed by atoms with E-state index in [-0.39, 0.29) is 6.04 Å². The summed E-state index contributed by atoms with van der Waals surface area (Å²) in [5.74, 6) is 8.90. The van der Waals surface area contributed by atoms with Gasteiger partial charge in [0.1, 0.15) is 12.4 Å². The number of nitrogens with zero attached hydrogens (tertiary/aromatic N) is 3. The fourth-order valence-electron chi connectivity index (χ4n) is 5.29. The van der Waals surface area contributed by atoms with Crippen LogP contribution in [0, 0.1) is 11.8 Å². The number of fused-ring (bicyclic) bond motifs is 1. The van der Waals surface area contributed by atoms with Gasteiger partial charge >= 0.3 is 0 Å². The largest absolute Gasteiger partial charge is 0.492 e. The zero-order chi connectivity index (χ0) is 22.2. The molecule has 0 aromatic heterocycles. The molecule has 0 bridgehead atoms. The van der Waals surface area contributed by atoms with Crippen molar-refractivity contribution in [3.8, 4) is 11.5 Å². The van der Waals surface area contributed by atoms with Crippen molar-refractivity contribution in [2.75, 3.05) is 43.3 Å². The molecule has 5 rings (SSSR count). The van der Waals surface area contributed by atoms with Gasteiger partial charge in [0, 0.05) is 31.7 Å². The quantitative estimate of drug-likeness (QED) is 0.645. The third-order valence-electron chi connectivity index (χ3n) is 7.13. The van der Waals surface area contributed by atoms with E-state index >= 15 is 0 Å². The molecule has 2 aromatic rings. The molecule has 7 heteroatoms. The predicted octanol–water partition coefficient (Wildman–Crippen LogP) is 2.79. The standard InChI is InChI=1S/C25H35N5O2/c1-17-12-28(14-21(17)22(26)15-32-20-6-4-3-5-7-20)23-11-8-18-13-29(27)16-30(19-9-10-19)24(18)25(23)31-2/h3-8,11,17,19,21-22H,9-10,12-16,26-27H2,1-2H3/t17-,21+,22-/m1/s1. The molecule has 0 radical (unpaired) electrons. The molecule has 0 spiro atoms. The van der Waals surface area contributed by atoms with Crippen LogP contribution in [0.2, 0.25) is 0 Å². The first kappa shape index (κ1) is 21.4. The fourth-order valence-corrected chi connectivity index (χ4v) is 5.29. The second-order valence-corrected chi connectivity index (χ2v) is 9.55. The average molecular weight is 438 g/mol. The Kier molecular flexibility index (Phi) is 5.88. The lowest BCUT2D eigenvalue weighted by Crippen LogP contribution is -2.47. The third-order valence-corrected chi connectivity index (χ3v) is 7.13. The van der Waals surface area contributed by atoms with Crippen LogP contribution in [-0.2, 0) is 6.54 Å². The van der Waals surface area contributed by atoms with Gasteiger partial charge in [0.25, 0.3) is 0 Å². The van der Waals surface area contributed by atoms with Gasteiger partial charge in [0.15, 0.2) is 5.75 Å². The van der Waals surface area contributed by atoms with Gasteiger partial charge in [-0.2, -0.15) is 0 Å². The van der Waals surface area contributed by atoms with Crippen LogP contribution >= 0.6 is 0 Å². The zero-order valence-electron chi connectivity index (χ0n) is 19.1. The summed E-state index contributed by atoms with van der Waals surface area (Å²) in [6.07, 6.45) is 2.44. The molecule has 1 saturated carbocycles. The van der Waals surface area contributed by atoms with E-state index in [4.69, 9.17) is 21.1 Å². The van der Waals surface area contributed by atoms with Gasteiger partial charge in [-0.15, -0.1) is 0 Å². The smallest absolute Gasteiger partial charge is 0.165 e. The Bertz CT molecular complexity index is 935. The molecule has 2 heterocycles. The molecule has 0 amide bonds. The molecule has 172 valence electrons. The van der Waals surface area contributed by atoms with Crippen LogP contribution in [0.3, 0.4) is 0 Å². The summed E-state index contributed by atoms with van der Waals surface area (Å²) in [7, 11) is 1.79. The Morgan fingerprint density at radius 2 is 1.88 bits per heavy atom. The minimum atomic E-state index is -0.0208. The van der Waals surface area contributed by atoms with Crippen molar-refractivity contribution in [3.63, 3.8) is 0 Å². The lowest BCUT2D eigenvalue weighted by molar-refractivity contribution is 0.233. The molecule has 2 fully saturated rings. The number of anilines is 2. The molecule has 2 aromatic carbocycles.